The van der Waals surface area contributed by atoms with Crippen molar-refractivity contribution in [1.82, 2.24) is 14.8 Å². The fourth-order valence-electron chi connectivity index (χ4n) is 1.85. The molecular weight excluding hydrogens is 271 g/mol. The van der Waals surface area contributed by atoms with Gasteiger partial charge in [-0.05, 0) is 25.5 Å². The smallest absolute Gasteiger partial charge is 0.167 e. The van der Waals surface area contributed by atoms with Crippen molar-refractivity contribution >= 4 is 28.9 Å². The number of hydrogen-bond donors (Lipinski definition) is 1. The Morgan fingerprint density at radius 2 is 1.89 bits per heavy atom. The number of rotatable bonds is 3. The monoisotopic (exact) mass is 284 g/mol. The molecule has 2 N–H and O–H groups in total. The van der Waals surface area contributed by atoms with E-state index >= 15 is 0 Å². The number of hydrogen-bond acceptors (Lipinski definition) is 3. The van der Waals surface area contributed by atoms with Crippen molar-refractivity contribution in [1.29, 1.82) is 0 Å². The molecular formula is C12H14Cl2N4. The molecule has 0 saturated heterocycles. The Bertz CT molecular complexity index is 578. The third kappa shape index (κ3) is 2.18. The number of nitrogens with two attached hydrogens (primary N) is 1. The van der Waals surface area contributed by atoms with Gasteiger partial charge in [0, 0.05) is 6.54 Å². The van der Waals surface area contributed by atoms with E-state index < -0.39 is 0 Å². The van der Waals surface area contributed by atoms with Crippen LogP contribution in [0.2, 0.25) is 10.0 Å². The molecule has 0 aliphatic carbocycles. The van der Waals surface area contributed by atoms with Gasteiger partial charge in [-0.3, -0.25) is 0 Å². The first kappa shape index (κ1) is 13.2. The lowest BCUT2D eigenvalue weighted by atomic mass is 10.1. The van der Waals surface area contributed by atoms with Gasteiger partial charge in [-0.15, -0.1) is 10.2 Å². The second-order valence-corrected chi connectivity index (χ2v) is 4.85. The summed E-state index contributed by atoms with van der Waals surface area (Å²) >= 11 is 12.2. The molecule has 0 bridgehead atoms. The minimum atomic E-state index is 0.439. The third-order valence-electron chi connectivity index (χ3n) is 2.75. The predicted molar refractivity (Wildman–Crippen MR) is 74.9 cm³/mol. The summed E-state index contributed by atoms with van der Waals surface area (Å²) in [5, 5.41) is 9.24. The molecule has 4 nitrogen and oxygen atoms in total. The van der Waals surface area contributed by atoms with Crippen molar-refractivity contribution in [3.63, 3.8) is 0 Å². The zero-order chi connectivity index (χ0) is 13.3. The van der Waals surface area contributed by atoms with Gasteiger partial charge in [-0.1, -0.05) is 30.1 Å². The zero-order valence-corrected chi connectivity index (χ0v) is 11.8. The topological polar surface area (TPSA) is 56.7 Å². The van der Waals surface area contributed by atoms with Gasteiger partial charge >= 0.3 is 0 Å². The number of halogens is 2. The molecule has 0 unspecified atom stereocenters. The zero-order valence-electron chi connectivity index (χ0n) is 10.2. The predicted octanol–water partition coefficient (Wildman–Crippen LogP) is 3.55. The summed E-state index contributed by atoms with van der Waals surface area (Å²) in [7, 11) is 0. The molecule has 6 heteroatoms. The van der Waals surface area contributed by atoms with Crippen LogP contribution < -0.4 is 5.73 Å². The molecule has 1 heterocycles. The normalized spacial score (nSPS) is 10.9. The summed E-state index contributed by atoms with van der Waals surface area (Å²) in [6.45, 7) is 4.81. The summed E-state index contributed by atoms with van der Waals surface area (Å²) in [5.74, 6) is 1.50. The molecule has 1 aromatic carbocycles. The Morgan fingerprint density at radius 3 is 2.56 bits per heavy atom. The van der Waals surface area contributed by atoms with Crippen molar-refractivity contribution in [2.45, 2.75) is 26.8 Å². The minimum absolute atomic E-state index is 0.439. The fraction of sp³-hybridized carbons (Fsp3) is 0.333. The van der Waals surface area contributed by atoms with E-state index in [-0.39, 0.29) is 0 Å². The molecule has 96 valence electrons. The van der Waals surface area contributed by atoms with Crippen LogP contribution in [0.15, 0.2) is 12.1 Å². The number of aryl methyl sites for hydroxylation is 1. The maximum absolute atomic E-state index is 6.20. The third-order valence-corrected chi connectivity index (χ3v) is 3.39. The van der Waals surface area contributed by atoms with Crippen molar-refractivity contribution < 1.29 is 0 Å². The van der Waals surface area contributed by atoms with Gasteiger partial charge in [-0.2, -0.15) is 0 Å². The molecule has 0 aliphatic rings. The lowest BCUT2D eigenvalue weighted by molar-refractivity contribution is 0.663. The van der Waals surface area contributed by atoms with Gasteiger partial charge in [0.15, 0.2) is 5.82 Å². The number of nitrogen functional groups attached to an aromatic ring is 1. The largest absolute Gasteiger partial charge is 0.397 e. The van der Waals surface area contributed by atoms with E-state index in [1.807, 2.05) is 11.5 Å². The minimum Gasteiger partial charge on any atom is -0.397 e. The van der Waals surface area contributed by atoms with Crippen LogP contribution in [0.25, 0.3) is 11.4 Å². The highest BCUT2D eigenvalue weighted by Crippen LogP contribution is 2.36. The Balaban J connectivity index is 2.66. The van der Waals surface area contributed by atoms with E-state index in [1.54, 1.807) is 12.1 Å². The van der Waals surface area contributed by atoms with E-state index in [0.717, 1.165) is 18.8 Å². The lowest BCUT2D eigenvalue weighted by Gasteiger charge is -2.11. The van der Waals surface area contributed by atoms with Gasteiger partial charge in [0.25, 0.3) is 0 Å². The van der Waals surface area contributed by atoms with Crippen molar-refractivity contribution in [3.05, 3.63) is 28.0 Å². The number of aromatic nitrogens is 3. The summed E-state index contributed by atoms with van der Waals surface area (Å²) < 4.78 is 1.99. The van der Waals surface area contributed by atoms with Gasteiger partial charge in [0.1, 0.15) is 5.82 Å². The SMILES string of the molecule is CCCn1c(C)nnc1-c1c(Cl)ccc(Cl)c1N. The Hall–Kier alpha value is -1.26. The second-order valence-electron chi connectivity index (χ2n) is 4.04. The van der Waals surface area contributed by atoms with Crippen molar-refractivity contribution in [2.75, 3.05) is 5.73 Å². The van der Waals surface area contributed by atoms with Crippen molar-refractivity contribution in [3.8, 4) is 11.4 Å². The molecule has 0 aliphatic heterocycles. The van der Waals surface area contributed by atoms with Gasteiger partial charge < -0.3 is 10.3 Å². The molecule has 1 aromatic heterocycles. The van der Waals surface area contributed by atoms with E-state index in [2.05, 4.69) is 17.1 Å². The number of anilines is 1. The van der Waals surface area contributed by atoms with Crippen LogP contribution in [0.3, 0.4) is 0 Å². The molecule has 0 spiro atoms. The summed E-state index contributed by atoms with van der Waals surface area (Å²) in [6, 6.07) is 3.39. The standard InChI is InChI=1S/C12H14Cl2N4/c1-3-6-18-7(2)16-17-12(18)10-8(13)4-5-9(14)11(10)15/h4-5H,3,6,15H2,1-2H3. The summed E-state index contributed by atoms with van der Waals surface area (Å²) in [4.78, 5) is 0. The fourth-order valence-corrected chi connectivity index (χ4v) is 2.26. The van der Waals surface area contributed by atoms with Crippen LogP contribution >= 0.6 is 23.2 Å². The Kier molecular flexibility index (Phi) is 3.78. The van der Waals surface area contributed by atoms with Crippen LogP contribution in [-0.4, -0.2) is 14.8 Å². The van der Waals surface area contributed by atoms with Crippen LogP contribution in [0, 0.1) is 6.92 Å². The van der Waals surface area contributed by atoms with E-state index in [1.165, 1.54) is 0 Å². The first-order chi connectivity index (χ1) is 8.56. The van der Waals surface area contributed by atoms with Gasteiger partial charge in [0.2, 0.25) is 0 Å². The second kappa shape index (κ2) is 5.16. The molecule has 2 aromatic rings. The molecule has 18 heavy (non-hydrogen) atoms. The number of benzene rings is 1. The number of nitrogens with zero attached hydrogens (tertiary/aromatic N) is 3. The summed E-state index contributed by atoms with van der Waals surface area (Å²) in [6.07, 6.45) is 0.976. The van der Waals surface area contributed by atoms with Crippen LogP contribution in [0.5, 0.6) is 0 Å². The maximum atomic E-state index is 6.20. The molecule has 2 rings (SSSR count). The maximum Gasteiger partial charge on any atom is 0.167 e. The highest BCUT2D eigenvalue weighted by molar-refractivity contribution is 6.37. The van der Waals surface area contributed by atoms with Crippen molar-refractivity contribution in [2.24, 2.45) is 0 Å². The average molecular weight is 285 g/mol. The van der Waals surface area contributed by atoms with E-state index in [9.17, 15) is 0 Å². The Labute approximate surface area is 116 Å². The molecule has 0 amide bonds. The van der Waals surface area contributed by atoms with E-state index in [4.69, 9.17) is 28.9 Å². The molecule has 0 fully saturated rings. The highest BCUT2D eigenvalue weighted by Gasteiger charge is 2.18. The van der Waals surface area contributed by atoms with Gasteiger partial charge in [-0.25, -0.2) is 0 Å². The van der Waals surface area contributed by atoms with Crippen LogP contribution in [-0.2, 0) is 6.54 Å². The first-order valence-corrected chi connectivity index (χ1v) is 6.45. The molecule has 0 radical (unpaired) electrons. The van der Waals surface area contributed by atoms with E-state index in [0.29, 0.717) is 27.1 Å². The average Bonchev–Trinajstić information content (AvgIpc) is 2.68. The quantitative estimate of drug-likeness (QED) is 0.877. The van der Waals surface area contributed by atoms with Crippen LogP contribution in [0.4, 0.5) is 5.69 Å². The molecule has 0 atom stereocenters. The Morgan fingerprint density at radius 1 is 1.22 bits per heavy atom. The molecule has 0 saturated carbocycles. The van der Waals surface area contributed by atoms with Crippen LogP contribution in [0.1, 0.15) is 19.2 Å². The van der Waals surface area contributed by atoms with Gasteiger partial charge in [0.05, 0.1) is 21.3 Å². The first-order valence-electron chi connectivity index (χ1n) is 5.70. The highest BCUT2D eigenvalue weighted by atomic mass is 35.5. The summed E-state index contributed by atoms with van der Waals surface area (Å²) in [5.41, 5.74) is 7.08. The lowest BCUT2D eigenvalue weighted by Crippen LogP contribution is -2.04.